The monoisotopic (exact) mass is 327 g/mol. The van der Waals surface area contributed by atoms with Crippen molar-refractivity contribution >= 4 is 23.1 Å². The number of hydrogen-bond acceptors (Lipinski definition) is 4. The number of nitrogens with zero attached hydrogens (tertiary/aromatic N) is 2. The molecular weight excluding hydrogens is 309 g/mol. The molecule has 0 saturated heterocycles. The van der Waals surface area contributed by atoms with Crippen LogP contribution in [0.15, 0.2) is 18.2 Å². The van der Waals surface area contributed by atoms with Crippen molar-refractivity contribution in [2.24, 2.45) is 0 Å². The van der Waals surface area contributed by atoms with Crippen molar-refractivity contribution in [3.8, 4) is 0 Å². The minimum absolute atomic E-state index is 0.111. The van der Waals surface area contributed by atoms with Gasteiger partial charge in [-0.15, -0.1) is 5.10 Å². The molecule has 0 amide bonds. The van der Waals surface area contributed by atoms with Gasteiger partial charge in [-0.2, -0.15) is 0 Å². The molecule has 1 unspecified atom stereocenters. The van der Waals surface area contributed by atoms with Crippen molar-refractivity contribution in [2.75, 3.05) is 6.54 Å². The summed E-state index contributed by atoms with van der Waals surface area (Å²) >= 11 is 7.57. The van der Waals surface area contributed by atoms with Crippen LogP contribution in [0.4, 0.5) is 4.39 Å². The molecule has 1 aromatic heterocycles. The first-order chi connectivity index (χ1) is 10.2. The number of aryl methyl sites for hydroxylation is 1. The molecular formula is C15H19ClFN3S. The highest BCUT2D eigenvalue weighted by Gasteiger charge is 2.19. The number of aromatic nitrogens is 2. The first kappa shape index (κ1) is 16.3. The lowest BCUT2D eigenvalue weighted by atomic mass is 10.0. The smallest absolute Gasteiger partial charge is 0.124 e. The molecule has 0 aliphatic rings. The number of benzene rings is 1. The maximum absolute atomic E-state index is 13.2. The van der Waals surface area contributed by atoms with E-state index in [0.29, 0.717) is 11.4 Å². The second-order valence-electron chi connectivity index (χ2n) is 4.88. The third-order valence-electron chi connectivity index (χ3n) is 3.28. The Morgan fingerprint density at radius 1 is 1.38 bits per heavy atom. The highest BCUT2D eigenvalue weighted by molar-refractivity contribution is 7.05. The average Bonchev–Trinajstić information content (AvgIpc) is 2.90. The fraction of sp³-hybridized carbons (Fsp3) is 0.467. The van der Waals surface area contributed by atoms with Gasteiger partial charge in [-0.05, 0) is 48.6 Å². The number of rotatable bonds is 7. The zero-order chi connectivity index (χ0) is 15.2. The van der Waals surface area contributed by atoms with E-state index in [9.17, 15) is 4.39 Å². The van der Waals surface area contributed by atoms with Gasteiger partial charge in [0.25, 0.3) is 0 Å². The third-order valence-corrected chi connectivity index (χ3v) is 4.51. The van der Waals surface area contributed by atoms with Crippen molar-refractivity contribution in [3.63, 3.8) is 0 Å². The molecule has 2 aromatic rings. The molecule has 21 heavy (non-hydrogen) atoms. The highest BCUT2D eigenvalue weighted by atomic mass is 35.5. The summed E-state index contributed by atoms with van der Waals surface area (Å²) < 4.78 is 17.2. The van der Waals surface area contributed by atoms with Crippen LogP contribution in [0.5, 0.6) is 0 Å². The van der Waals surface area contributed by atoms with Crippen LogP contribution < -0.4 is 5.32 Å². The predicted octanol–water partition coefficient (Wildman–Crippen LogP) is 4.18. The van der Waals surface area contributed by atoms with E-state index in [2.05, 4.69) is 28.8 Å². The van der Waals surface area contributed by atoms with Crippen molar-refractivity contribution in [1.29, 1.82) is 0 Å². The molecule has 1 aromatic carbocycles. The summed E-state index contributed by atoms with van der Waals surface area (Å²) in [6.07, 6.45) is 2.66. The van der Waals surface area contributed by atoms with Crippen LogP contribution in [0.25, 0.3) is 0 Å². The summed E-state index contributed by atoms with van der Waals surface area (Å²) in [5.41, 5.74) is 1.98. The largest absolute Gasteiger partial charge is 0.309 e. The normalized spacial score (nSPS) is 12.6. The third kappa shape index (κ3) is 4.22. The van der Waals surface area contributed by atoms with E-state index >= 15 is 0 Å². The van der Waals surface area contributed by atoms with Gasteiger partial charge in [0, 0.05) is 11.1 Å². The van der Waals surface area contributed by atoms with Crippen molar-refractivity contribution in [1.82, 2.24) is 14.9 Å². The number of halogens is 2. The average molecular weight is 328 g/mol. The summed E-state index contributed by atoms with van der Waals surface area (Å²) in [6.45, 7) is 5.03. The van der Waals surface area contributed by atoms with Gasteiger partial charge in [0.2, 0.25) is 0 Å². The van der Waals surface area contributed by atoms with Crippen LogP contribution in [-0.2, 0) is 12.8 Å². The molecule has 0 radical (unpaired) electrons. The molecule has 1 heterocycles. The summed E-state index contributed by atoms with van der Waals surface area (Å²) in [7, 11) is 0. The summed E-state index contributed by atoms with van der Waals surface area (Å²) in [5, 5.41) is 8.14. The van der Waals surface area contributed by atoms with E-state index in [1.54, 1.807) is 6.07 Å². The topological polar surface area (TPSA) is 37.8 Å². The standard InChI is InChI=1S/C15H19ClFN3S/c1-3-5-13-15(21-20-19-13)14(18-4-2)8-10-6-7-11(17)9-12(10)16/h6-7,9,14,18H,3-5,8H2,1-2H3. The van der Waals surface area contributed by atoms with Crippen molar-refractivity contribution < 1.29 is 4.39 Å². The van der Waals surface area contributed by atoms with Crippen LogP contribution in [0.3, 0.4) is 0 Å². The molecule has 0 aliphatic heterocycles. The maximum atomic E-state index is 13.2. The number of likely N-dealkylation sites (N-methyl/N-ethyl adjacent to an activating group) is 1. The minimum Gasteiger partial charge on any atom is -0.309 e. The van der Waals surface area contributed by atoms with Gasteiger partial charge in [0.15, 0.2) is 0 Å². The Bertz CT molecular complexity index is 588. The lowest BCUT2D eigenvalue weighted by Crippen LogP contribution is -2.23. The molecule has 1 atom stereocenters. The molecule has 3 nitrogen and oxygen atoms in total. The van der Waals surface area contributed by atoms with E-state index in [-0.39, 0.29) is 11.9 Å². The molecule has 0 saturated carbocycles. The molecule has 0 bridgehead atoms. The second-order valence-corrected chi connectivity index (χ2v) is 6.08. The lowest BCUT2D eigenvalue weighted by Gasteiger charge is -2.18. The van der Waals surface area contributed by atoms with Gasteiger partial charge in [0.05, 0.1) is 10.6 Å². The Hall–Kier alpha value is -1.04. The molecule has 114 valence electrons. The van der Waals surface area contributed by atoms with E-state index in [1.165, 1.54) is 23.7 Å². The summed E-state index contributed by atoms with van der Waals surface area (Å²) in [4.78, 5) is 1.15. The molecule has 2 rings (SSSR count). The summed E-state index contributed by atoms with van der Waals surface area (Å²) in [6, 6.07) is 4.66. The van der Waals surface area contributed by atoms with Crippen molar-refractivity contribution in [3.05, 3.63) is 45.2 Å². The number of hydrogen-bond donors (Lipinski definition) is 1. The van der Waals surface area contributed by atoms with Gasteiger partial charge >= 0.3 is 0 Å². The SMILES string of the molecule is CCCc1nnsc1C(Cc1ccc(F)cc1Cl)NCC. The van der Waals surface area contributed by atoms with Crippen LogP contribution in [0, 0.1) is 5.82 Å². The zero-order valence-corrected chi connectivity index (χ0v) is 13.8. The minimum atomic E-state index is -0.310. The molecule has 0 spiro atoms. The molecule has 0 aliphatic carbocycles. The van der Waals surface area contributed by atoms with Crippen molar-refractivity contribution in [2.45, 2.75) is 39.2 Å². The Balaban J connectivity index is 2.24. The van der Waals surface area contributed by atoms with Gasteiger partial charge < -0.3 is 5.32 Å². The van der Waals surface area contributed by atoms with E-state index in [4.69, 9.17) is 11.6 Å². The van der Waals surface area contributed by atoms with Crippen LogP contribution >= 0.6 is 23.1 Å². The highest BCUT2D eigenvalue weighted by Crippen LogP contribution is 2.28. The van der Waals surface area contributed by atoms with Gasteiger partial charge in [-0.3, -0.25) is 0 Å². The molecule has 1 N–H and O–H groups in total. The predicted molar refractivity (Wildman–Crippen MR) is 85.4 cm³/mol. The van der Waals surface area contributed by atoms with Crippen LogP contribution in [-0.4, -0.2) is 16.1 Å². The zero-order valence-electron chi connectivity index (χ0n) is 12.2. The Labute approximate surface area is 133 Å². The fourth-order valence-corrected chi connectivity index (χ4v) is 3.32. The van der Waals surface area contributed by atoms with E-state index in [1.807, 2.05) is 0 Å². The Morgan fingerprint density at radius 2 is 2.19 bits per heavy atom. The lowest BCUT2D eigenvalue weighted by molar-refractivity contribution is 0.550. The first-order valence-corrected chi connectivity index (χ1v) is 8.29. The van der Waals surface area contributed by atoms with Crippen LogP contribution in [0.1, 0.15) is 42.4 Å². The Morgan fingerprint density at radius 3 is 2.86 bits per heavy atom. The van der Waals surface area contributed by atoms with E-state index < -0.39 is 0 Å². The molecule has 6 heteroatoms. The second kappa shape index (κ2) is 7.82. The fourth-order valence-electron chi connectivity index (χ4n) is 2.30. The van der Waals surface area contributed by atoms with E-state index in [0.717, 1.165) is 35.5 Å². The van der Waals surface area contributed by atoms with Crippen LogP contribution in [0.2, 0.25) is 5.02 Å². The first-order valence-electron chi connectivity index (χ1n) is 7.14. The van der Waals surface area contributed by atoms with Gasteiger partial charge in [-0.25, -0.2) is 4.39 Å². The summed E-state index contributed by atoms with van der Waals surface area (Å²) in [5.74, 6) is -0.310. The Kier molecular flexibility index (Phi) is 6.08. The van der Waals surface area contributed by atoms with Gasteiger partial charge in [0.1, 0.15) is 5.82 Å². The number of nitrogens with one attached hydrogen (secondary N) is 1. The maximum Gasteiger partial charge on any atom is 0.124 e. The quantitative estimate of drug-likeness (QED) is 0.829. The van der Waals surface area contributed by atoms with Gasteiger partial charge in [-0.1, -0.05) is 42.4 Å². The molecule has 0 fully saturated rings.